The number of benzene rings is 2. The molecule has 15 heteroatoms. The topological polar surface area (TPSA) is 85.6 Å². The second kappa shape index (κ2) is 9.02. The highest BCUT2D eigenvalue weighted by Crippen LogP contribution is 2.42. The van der Waals surface area contributed by atoms with Gasteiger partial charge in [-0.05, 0) is 36.8 Å². The molecule has 1 heterocycles. The van der Waals surface area contributed by atoms with Crippen molar-refractivity contribution in [2.45, 2.75) is 24.5 Å². The summed E-state index contributed by atoms with van der Waals surface area (Å²) in [4.78, 5) is 12.5. The Morgan fingerprint density at radius 1 is 1.06 bits per heavy atom. The van der Waals surface area contributed by atoms with Crippen LogP contribution in [-0.2, 0) is 16.5 Å². The summed E-state index contributed by atoms with van der Waals surface area (Å²) in [6.07, 6.45) is -7.70. The minimum Gasteiger partial charge on any atom is -0.455 e. The molecule has 2 aromatic carbocycles. The van der Waals surface area contributed by atoms with Crippen LogP contribution in [0.4, 0.5) is 35.1 Å². The lowest BCUT2D eigenvalue weighted by Crippen LogP contribution is -2.29. The van der Waals surface area contributed by atoms with E-state index in [1.807, 2.05) is 0 Å². The van der Waals surface area contributed by atoms with Crippen LogP contribution in [0.15, 0.2) is 34.7 Å². The molecule has 1 aromatic heterocycles. The van der Waals surface area contributed by atoms with Crippen molar-refractivity contribution in [2.75, 3.05) is 7.05 Å². The molecule has 0 unspecified atom stereocenters. The molecule has 0 aliphatic carbocycles. The Kier molecular flexibility index (Phi) is 6.76. The zero-order valence-corrected chi connectivity index (χ0v) is 18.1. The molecule has 3 rings (SSSR count). The molecule has 6 nitrogen and oxygen atoms in total. The van der Waals surface area contributed by atoms with Crippen LogP contribution in [0.1, 0.15) is 22.3 Å². The summed E-state index contributed by atoms with van der Waals surface area (Å²) in [5.74, 6) is -5.69. The van der Waals surface area contributed by atoms with Gasteiger partial charge in [-0.15, -0.1) is 0 Å². The SMILES string of the molecule is CNC(=O)c1c(-c2ccc(F)cc2)oc2cc(CCC(F)(F)F)c(OS(=O)(=O)C(F)(F)F)c(F)c12. The summed E-state index contributed by atoms with van der Waals surface area (Å²) in [5, 5.41) is 1.28. The summed E-state index contributed by atoms with van der Waals surface area (Å²) in [7, 11) is -5.39. The number of fused-ring (bicyclic) bond motifs is 1. The van der Waals surface area contributed by atoms with Crippen molar-refractivity contribution in [2.24, 2.45) is 0 Å². The zero-order valence-electron chi connectivity index (χ0n) is 17.3. The number of alkyl halides is 6. The smallest absolute Gasteiger partial charge is 0.455 e. The van der Waals surface area contributed by atoms with Gasteiger partial charge in [-0.1, -0.05) is 0 Å². The lowest BCUT2D eigenvalue weighted by Gasteiger charge is -2.15. The van der Waals surface area contributed by atoms with Crippen LogP contribution >= 0.6 is 0 Å². The molecule has 0 saturated carbocycles. The van der Waals surface area contributed by atoms with E-state index in [0.29, 0.717) is 6.07 Å². The van der Waals surface area contributed by atoms with Crippen LogP contribution in [0.3, 0.4) is 0 Å². The van der Waals surface area contributed by atoms with E-state index < -0.39 is 85.8 Å². The monoisotopic (exact) mass is 531 g/mol. The van der Waals surface area contributed by atoms with Crippen molar-refractivity contribution < 1.29 is 56.9 Å². The average Bonchev–Trinajstić information content (AvgIpc) is 3.12. The summed E-state index contributed by atoms with van der Waals surface area (Å²) >= 11 is 0. The minimum atomic E-state index is -6.50. The fourth-order valence-electron chi connectivity index (χ4n) is 3.10. The summed E-state index contributed by atoms with van der Waals surface area (Å²) in [6, 6.07) is 4.78. The quantitative estimate of drug-likeness (QED) is 0.260. The normalized spacial score (nSPS) is 12.7. The van der Waals surface area contributed by atoms with E-state index in [9.17, 15) is 43.9 Å². The third-order valence-electron chi connectivity index (χ3n) is 4.67. The Morgan fingerprint density at radius 2 is 1.66 bits per heavy atom. The largest absolute Gasteiger partial charge is 0.534 e. The minimum absolute atomic E-state index is 0.00261. The van der Waals surface area contributed by atoms with Gasteiger partial charge in [0, 0.05) is 24.6 Å². The van der Waals surface area contributed by atoms with Crippen LogP contribution in [0.25, 0.3) is 22.3 Å². The van der Waals surface area contributed by atoms with Gasteiger partial charge in [0.2, 0.25) is 0 Å². The Morgan fingerprint density at radius 3 is 2.17 bits per heavy atom. The number of rotatable bonds is 6. The molecular formula is C20H13F8NO5S. The Labute approximate surface area is 191 Å². The number of furan rings is 1. The number of nitrogens with one attached hydrogen (secondary N) is 1. The predicted octanol–water partition coefficient (Wildman–Crippen LogP) is 5.46. The lowest BCUT2D eigenvalue weighted by molar-refractivity contribution is -0.134. The van der Waals surface area contributed by atoms with Crippen LogP contribution < -0.4 is 9.50 Å². The van der Waals surface area contributed by atoms with Gasteiger partial charge in [-0.25, -0.2) is 8.78 Å². The van der Waals surface area contributed by atoms with E-state index in [0.717, 1.165) is 31.3 Å². The van der Waals surface area contributed by atoms with Crippen molar-refractivity contribution in [3.8, 4) is 17.1 Å². The molecule has 190 valence electrons. The molecule has 1 amide bonds. The highest BCUT2D eigenvalue weighted by atomic mass is 32.2. The molecular weight excluding hydrogens is 518 g/mol. The first-order chi connectivity index (χ1) is 16.1. The molecule has 0 saturated heterocycles. The van der Waals surface area contributed by atoms with E-state index in [2.05, 4.69) is 9.50 Å². The van der Waals surface area contributed by atoms with Gasteiger partial charge in [0.15, 0.2) is 11.6 Å². The highest BCUT2D eigenvalue weighted by Gasteiger charge is 2.49. The number of amides is 1. The first-order valence-corrected chi connectivity index (χ1v) is 10.8. The van der Waals surface area contributed by atoms with Crippen LogP contribution in [-0.4, -0.2) is 33.1 Å². The van der Waals surface area contributed by atoms with Crippen molar-refractivity contribution >= 4 is 27.0 Å². The summed E-state index contributed by atoms with van der Waals surface area (Å²) < 4.78 is 138. The molecule has 0 aliphatic rings. The molecule has 3 aromatic rings. The third kappa shape index (κ3) is 5.33. The fourth-order valence-corrected chi connectivity index (χ4v) is 3.60. The standard InChI is InChI=1S/C20H13F8NO5S/c1-29-18(30)14-13-12(33-16(14)9-2-4-11(21)5-3-9)8-10(6-7-19(23,24)25)17(15(13)22)34-35(31,32)20(26,27)28/h2-5,8H,6-7H2,1H3,(H,29,30). The average molecular weight is 531 g/mol. The van der Waals surface area contributed by atoms with E-state index in [-0.39, 0.29) is 5.56 Å². The molecule has 0 bridgehead atoms. The van der Waals surface area contributed by atoms with Gasteiger partial charge in [0.25, 0.3) is 5.91 Å². The molecule has 0 spiro atoms. The van der Waals surface area contributed by atoms with Gasteiger partial charge in [0.05, 0.1) is 10.9 Å². The molecule has 0 fully saturated rings. The van der Waals surface area contributed by atoms with Gasteiger partial charge in [0.1, 0.15) is 17.2 Å². The molecule has 1 N–H and O–H groups in total. The van der Waals surface area contributed by atoms with E-state index in [4.69, 9.17) is 4.42 Å². The first-order valence-electron chi connectivity index (χ1n) is 9.39. The maximum absolute atomic E-state index is 15.5. The Hall–Kier alpha value is -3.36. The molecule has 0 atom stereocenters. The van der Waals surface area contributed by atoms with Gasteiger partial charge in [-0.3, -0.25) is 4.79 Å². The Bertz CT molecular complexity index is 1380. The van der Waals surface area contributed by atoms with Crippen molar-refractivity contribution in [1.82, 2.24) is 5.32 Å². The second-order valence-corrected chi connectivity index (χ2v) is 8.58. The second-order valence-electron chi connectivity index (χ2n) is 7.04. The molecule has 0 aliphatic heterocycles. The van der Waals surface area contributed by atoms with Crippen LogP contribution in [0.5, 0.6) is 5.75 Å². The summed E-state index contributed by atoms with van der Waals surface area (Å²) in [5.41, 5.74) is -8.17. The number of hydrogen-bond acceptors (Lipinski definition) is 5. The third-order valence-corrected chi connectivity index (χ3v) is 5.62. The van der Waals surface area contributed by atoms with Crippen LogP contribution in [0.2, 0.25) is 0 Å². The van der Waals surface area contributed by atoms with E-state index >= 15 is 4.39 Å². The Balaban J connectivity index is 2.35. The number of halogens is 8. The summed E-state index contributed by atoms with van der Waals surface area (Å²) in [6.45, 7) is 0. The zero-order chi connectivity index (χ0) is 26.3. The van der Waals surface area contributed by atoms with Crippen molar-refractivity contribution in [1.29, 1.82) is 0 Å². The number of carbonyl (C=O) groups is 1. The highest BCUT2D eigenvalue weighted by molar-refractivity contribution is 7.88. The number of hydrogen-bond donors (Lipinski definition) is 1. The molecule has 35 heavy (non-hydrogen) atoms. The fraction of sp³-hybridized carbons (Fsp3) is 0.250. The van der Waals surface area contributed by atoms with E-state index in [1.165, 1.54) is 0 Å². The number of aryl methyl sites for hydroxylation is 1. The first kappa shape index (κ1) is 26.2. The van der Waals surface area contributed by atoms with Crippen molar-refractivity contribution in [3.63, 3.8) is 0 Å². The van der Waals surface area contributed by atoms with E-state index in [1.54, 1.807) is 0 Å². The predicted molar refractivity (Wildman–Crippen MR) is 105 cm³/mol. The van der Waals surface area contributed by atoms with Gasteiger partial charge < -0.3 is 13.9 Å². The lowest BCUT2D eigenvalue weighted by atomic mass is 10.0. The maximum atomic E-state index is 15.5. The number of carbonyl (C=O) groups excluding carboxylic acids is 1. The van der Waals surface area contributed by atoms with Crippen LogP contribution in [0, 0.1) is 11.6 Å². The maximum Gasteiger partial charge on any atom is 0.534 e. The van der Waals surface area contributed by atoms with Crippen molar-refractivity contribution in [3.05, 3.63) is 53.1 Å². The van der Waals surface area contributed by atoms with Gasteiger partial charge >= 0.3 is 21.8 Å². The molecule has 0 radical (unpaired) electrons. The van der Waals surface area contributed by atoms with Gasteiger partial charge in [-0.2, -0.15) is 34.8 Å².